The van der Waals surface area contributed by atoms with E-state index in [9.17, 15) is 35.3 Å². The Morgan fingerprint density at radius 3 is 2.28 bits per heavy atom. The molecular weight excluding hydrogens is 526 g/mol. The molecule has 4 nitrogen and oxygen atoms in total. The maximum absolute atomic E-state index is 13.1. The highest BCUT2D eigenvalue weighted by molar-refractivity contribution is 7.99. The number of hydrogen-bond acceptors (Lipinski definition) is 4. The fraction of sp³-hybridized carbons (Fsp3) is 0.500. The van der Waals surface area contributed by atoms with Crippen LogP contribution in [-0.4, -0.2) is 32.1 Å². The summed E-state index contributed by atoms with van der Waals surface area (Å²) in [6, 6.07) is 5.68. The summed E-state index contributed by atoms with van der Waals surface area (Å²) in [5.41, 5.74) is -2.03. The van der Waals surface area contributed by atoms with Crippen LogP contribution in [0.1, 0.15) is 61.1 Å². The average molecular weight is 553 g/mol. The molecule has 0 radical (unpaired) electrons. The number of carbonyl (C=O) groups excluding carboxylic acids is 1. The first kappa shape index (κ1) is 28.5. The highest BCUT2D eigenvalue weighted by atomic mass is 32.2. The van der Waals surface area contributed by atoms with Crippen molar-refractivity contribution in [3.05, 3.63) is 53.3 Å². The van der Waals surface area contributed by atoms with Crippen LogP contribution in [0.2, 0.25) is 0 Å². The molecule has 0 saturated heterocycles. The SMILES string of the molecule is CC(C)S(=O)c1cc(C(F)(F)F)cnc1C(=O)NC1CCC(CSc2cccc(C(F)(F)F)c2)CC1. The second-order valence-corrected chi connectivity index (χ2v) is 12.0. The van der Waals surface area contributed by atoms with Gasteiger partial charge in [0.1, 0.15) is 5.69 Å². The molecule has 1 heterocycles. The van der Waals surface area contributed by atoms with Gasteiger partial charge in [-0.05, 0) is 55.9 Å². The minimum atomic E-state index is -4.68. The second kappa shape index (κ2) is 11.5. The Bertz CT molecular complexity index is 1100. The highest BCUT2D eigenvalue weighted by Crippen LogP contribution is 2.35. The quantitative estimate of drug-likeness (QED) is 0.306. The van der Waals surface area contributed by atoms with E-state index in [1.807, 2.05) is 0 Å². The van der Waals surface area contributed by atoms with Crippen molar-refractivity contribution in [1.82, 2.24) is 10.3 Å². The van der Waals surface area contributed by atoms with Crippen molar-refractivity contribution in [1.29, 1.82) is 0 Å². The molecule has 36 heavy (non-hydrogen) atoms. The van der Waals surface area contributed by atoms with Crippen molar-refractivity contribution in [3.63, 3.8) is 0 Å². The predicted molar refractivity (Wildman–Crippen MR) is 126 cm³/mol. The zero-order valence-electron chi connectivity index (χ0n) is 19.6. The van der Waals surface area contributed by atoms with Crippen LogP contribution in [0, 0.1) is 5.92 Å². The third-order valence-corrected chi connectivity index (χ3v) is 8.70. The minimum Gasteiger partial charge on any atom is -0.348 e. The van der Waals surface area contributed by atoms with Gasteiger partial charge >= 0.3 is 12.4 Å². The summed E-state index contributed by atoms with van der Waals surface area (Å²) in [6.45, 7) is 3.16. The van der Waals surface area contributed by atoms with Crippen LogP contribution >= 0.6 is 11.8 Å². The molecule has 1 aromatic heterocycles. The molecule has 0 spiro atoms. The van der Waals surface area contributed by atoms with Crippen LogP contribution in [0.15, 0.2) is 46.3 Å². The maximum atomic E-state index is 13.1. The molecule has 12 heteroatoms. The molecular formula is C24H26F6N2O2S2. The molecule has 0 aliphatic heterocycles. The maximum Gasteiger partial charge on any atom is 0.417 e. The number of nitrogens with one attached hydrogen (secondary N) is 1. The smallest absolute Gasteiger partial charge is 0.348 e. The molecule has 3 rings (SSSR count). The summed E-state index contributed by atoms with van der Waals surface area (Å²) >= 11 is 1.36. The minimum absolute atomic E-state index is 0.225. The van der Waals surface area contributed by atoms with E-state index in [1.165, 1.54) is 17.8 Å². The molecule has 1 atom stereocenters. The first-order chi connectivity index (χ1) is 16.8. The van der Waals surface area contributed by atoms with Crippen molar-refractivity contribution < 1.29 is 35.3 Å². The molecule has 1 fully saturated rings. The molecule has 1 saturated carbocycles. The summed E-state index contributed by atoms with van der Waals surface area (Å²) in [4.78, 5) is 16.8. The normalized spacial score (nSPS) is 19.8. The van der Waals surface area contributed by atoms with Gasteiger partial charge in [-0.25, -0.2) is 4.98 Å². The third kappa shape index (κ3) is 7.47. The lowest BCUT2D eigenvalue weighted by atomic mass is 9.87. The number of pyridine rings is 1. The molecule has 1 N–H and O–H groups in total. The van der Waals surface area contributed by atoms with E-state index >= 15 is 0 Å². The van der Waals surface area contributed by atoms with E-state index < -0.39 is 45.4 Å². The Kier molecular flexibility index (Phi) is 9.13. The van der Waals surface area contributed by atoms with Crippen LogP contribution in [0.4, 0.5) is 26.3 Å². The van der Waals surface area contributed by atoms with E-state index in [4.69, 9.17) is 0 Å². The molecule has 198 valence electrons. The van der Waals surface area contributed by atoms with Gasteiger partial charge < -0.3 is 5.32 Å². The van der Waals surface area contributed by atoms with E-state index in [0.717, 1.165) is 31.0 Å². The zero-order valence-corrected chi connectivity index (χ0v) is 21.2. The molecule has 2 aromatic rings. The monoisotopic (exact) mass is 552 g/mol. The van der Waals surface area contributed by atoms with Crippen molar-refractivity contribution in [2.75, 3.05) is 5.75 Å². The van der Waals surface area contributed by atoms with Crippen molar-refractivity contribution >= 4 is 28.5 Å². The van der Waals surface area contributed by atoms with Gasteiger partial charge in [-0.15, -0.1) is 11.8 Å². The number of halogens is 6. The first-order valence-corrected chi connectivity index (χ1v) is 13.5. The van der Waals surface area contributed by atoms with E-state index in [-0.39, 0.29) is 22.5 Å². The molecule has 1 amide bonds. The van der Waals surface area contributed by atoms with Gasteiger partial charge in [0.15, 0.2) is 0 Å². The lowest BCUT2D eigenvalue weighted by Crippen LogP contribution is -2.39. The predicted octanol–water partition coefficient (Wildman–Crippen LogP) is 6.72. The highest BCUT2D eigenvalue weighted by Gasteiger charge is 2.34. The lowest BCUT2D eigenvalue weighted by molar-refractivity contribution is -0.138. The number of nitrogens with zero attached hydrogens (tertiary/aromatic N) is 1. The largest absolute Gasteiger partial charge is 0.417 e. The van der Waals surface area contributed by atoms with Crippen molar-refractivity contribution in [2.24, 2.45) is 5.92 Å². The van der Waals surface area contributed by atoms with Gasteiger partial charge in [0, 0.05) is 28.1 Å². The van der Waals surface area contributed by atoms with Gasteiger partial charge in [0.05, 0.1) is 26.8 Å². The van der Waals surface area contributed by atoms with E-state index in [1.54, 1.807) is 19.9 Å². The standard InChI is InChI=1S/C24H26F6N2O2S2/c1-14(2)36(34)20-11-17(24(28,29)30)12-31-21(20)22(33)32-18-8-6-15(7-9-18)13-35-19-5-3-4-16(10-19)23(25,26)27/h3-5,10-12,14-15,18H,6-9,13H2,1-2H3,(H,32,33). The van der Waals surface area contributed by atoms with Crippen LogP contribution in [0.25, 0.3) is 0 Å². The second-order valence-electron chi connectivity index (χ2n) is 8.94. The summed E-state index contributed by atoms with van der Waals surface area (Å²) in [5.74, 6) is 0.223. The number of alkyl halides is 6. The lowest BCUT2D eigenvalue weighted by Gasteiger charge is -2.29. The van der Waals surface area contributed by atoms with E-state index in [0.29, 0.717) is 29.7 Å². The molecule has 1 aliphatic rings. The Labute approximate surface area is 212 Å². The van der Waals surface area contributed by atoms with Crippen LogP contribution in [-0.2, 0) is 23.2 Å². The molecule has 1 unspecified atom stereocenters. The van der Waals surface area contributed by atoms with Crippen LogP contribution < -0.4 is 5.32 Å². The Balaban J connectivity index is 1.59. The van der Waals surface area contributed by atoms with Crippen LogP contribution in [0.3, 0.4) is 0 Å². The fourth-order valence-corrected chi connectivity index (χ4v) is 6.11. The Hall–Kier alpha value is -2.08. The summed E-state index contributed by atoms with van der Waals surface area (Å²) < 4.78 is 90.7. The molecule has 1 aliphatic carbocycles. The summed E-state index contributed by atoms with van der Waals surface area (Å²) in [6.07, 6.45) is -5.80. The van der Waals surface area contributed by atoms with Gasteiger partial charge in [-0.3, -0.25) is 9.00 Å². The topological polar surface area (TPSA) is 59.1 Å². The first-order valence-electron chi connectivity index (χ1n) is 11.3. The molecule has 1 aromatic carbocycles. The number of amides is 1. The molecule has 0 bridgehead atoms. The number of benzene rings is 1. The summed E-state index contributed by atoms with van der Waals surface area (Å²) in [5, 5.41) is 2.29. The van der Waals surface area contributed by atoms with Gasteiger partial charge in [-0.2, -0.15) is 26.3 Å². The van der Waals surface area contributed by atoms with Crippen molar-refractivity contribution in [3.8, 4) is 0 Å². The summed E-state index contributed by atoms with van der Waals surface area (Å²) in [7, 11) is -1.85. The third-order valence-electron chi connectivity index (χ3n) is 5.87. The number of thioether (sulfide) groups is 1. The van der Waals surface area contributed by atoms with Gasteiger partial charge in [-0.1, -0.05) is 19.9 Å². The number of rotatable bonds is 7. The Morgan fingerprint density at radius 1 is 1.06 bits per heavy atom. The average Bonchev–Trinajstić information content (AvgIpc) is 2.81. The van der Waals surface area contributed by atoms with E-state index in [2.05, 4.69) is 10.3 Å². The number of hydrogen-bond donors (Lipinski definition) is 1. The zero-order chi connectivity index (χ0) is 26.7. The number of aromatic nitrogens is 1. The fourth-order valence-electron chi connectivity index (χ4n) is 3.88. The van der Waals surface area contributed by atoms with Crippen LogP contribution in [0.5, 0.6) is 0 Å². The van der Waals surface area contributed by atoms with Crippen molar-refractivity contribution in [2.45, 2.75) is 73.0 Å². The number of carbonyl (C=O) groups is 1. The Morgan fingerprint density at radius 2 is 1.69 bits per heavy atom. The van der Waals surface area contributed by atoms with Gasteiger partial charge in [0.25, 0.3) is 5.91 Å². The van der Waals surface area contributed by atoms with Gasteiger partial charge in [0.2, 0.25) is 0 Å².